The molecule has 1 N–H and O–H groups in total. The standard InChI is InChI=1S/C15H17F3N2O/c1-2-14(21)19-12-10-11(15(16,17)18)6-7-13(12)20-8-4-3-5-9-20/h2,6-7,10H,1,3-5,8-9H2,(H,19,21). The lowest BCUT2D eigenvalue weighted by molar-refractivity contribution is -0.137. The summed E-state index contributed by atoms with van der Waals surface area (Å²) < 4.78 is 38.4. The Balaban J connectivity index is 2.37. The zero-order chi connectivity index (χ0) is 15.5. The van der Waals surface area contributed by atoms with Crippen LogP contribution in [0, 0.1) is 0 Å². The predicted molar refractivity (Wildman–Crippen MR) is 76.3 cm³/mol. The second kappa shape index (κ2) is 6.20. The van der Waals surface area contributed by atoms with Crippen molar-refractivity contribution < 1.29 is 18.0 Å². The molecule has 0 radical (unpaired) electrons. The molecule has 3 nitrogen and oxygen atoms in total. The van der Waals surface area contributed by atoms with Crippen LogP contribution < -0.4 is 10.2 Å². The van der Waals surface area contributed by atoms with Gasteiger partial charge in [-0.15, -0.1) is 0 Å². The van der Waals surface area contributed by atoms with Crippen molar-refractivity contribution in [3.8, 4) is 0 Å². The van der Waals surface area contributed by atoms with E-state index in [1.54, 1.807) is 0 Å². The van der Waals surface area contributed by atoms with Gasteiger partial charge in [0.05, 0.1) is 16.9 Å². The van der Waals surface area contributed by atoms with Gasteiger partial charge < -0.3 is 10.2 Å². The van der Waals surface area contributed by atoms with Crippen LogP contribution in [0.2, 0.25) is 0 Å². The molecule has 1 saturated heterocycles. The Morgan fingerprint density at radius 1 is 1.24 bits per heavy atom. The minimum Gasteiger partial charge on any atom is -0.370 e. The van der Waals surface area contributed by atoms with Gasteiger partial charge in [0.2, 0.25) is 5.91 Å². The quantitative estimate of drug-likeness (QED) is 0.860. The zero-order valence-electron chi connectivity index (χ0n) is 11.5. The number of benzene rings is 1. The topological polar surface area (TPSA) is 32.3 Å². The smallest absolute Gasteiger partial charge is 0.370 e. The first-order chi connectivity index (χ1) is 9.91. The third-order valence-electron chi connectivity index (χ3n) is 3.46. The molecule has 1 heterocycles. The van der Waals surface area contributed by atoms with Crippen LogP contribution in [0.3, 0.4) is 0 Å². The molecule has 1 aromatic carbocycles. The number of piperidine rings is 1. The summed E-state index contributed by atoms with van der Waals surface area (Å²) in [6.07, 6.45) is -0.286. The fraction of sp³-hybridized carbons (Fsp3) is 0.400. The third-order valence-corrected chi connectivity index (χ3v) is 3.46. The van der Waals surface area contributed by atoms with E-state index in [1.165, 1.54) is 6.07 Å². The molecular formula is C15H17F3N2O. The molecule has 6 heteroatoms. The van der Waals surface area contributed by atoms with Gasteiger partial charge in [-0.05, 0) is 43.5 Å². The van der Waals surface area contributed by atoms with Gasteiger partial charge in [-0.1, -0.05) is 6.58 Å². The SMILES string of the molecule is C=CC(=O)Nc1cc(C(F)(F)F)ccc1N1CCCCC1. The van der Waals surface area contributed by atoms with E-state index < -0.39 is 17.6 Å². The number of rotatable bonds is 3. The molecule has 1 amide bonds. The summed E-state index contributed by atoms with van der Waals surface area (Å²) >= 11 is 0. The lowest BCUT2D eigenvalue weighted by atomic mass is 10.1. The van der Waals surface area contributed by atoms with Gasteiger partial charge in [-0.25, -0.2) is 0 Å². The van der Waals surface area contributed by atoms with E-state index in [0.29, 0.717) is 5.69 Å². The van der Waals surface area contributed by atoms with E-state index >= 15 is 0 Å². The van der Waals surface area contributed by atoms with Gasteiger partial charge in [-0.3, -0.25) is 4.79 Å². The Hall–Kier alpha value is -1.98. The maximum atomic E-state index is 12.8. The molecule has 0 unspecified atom stereocenters. The molecule has 0 aliphatic carbocycles. The Morgan fingerprint density at radius 2 is 1.90 bits per heavy atom. The van der Waals surface area contributed by atoms with Crippen molar-refractivity contribution in [1.29, 1.82) is 0 Å². The molecule has 1 aromatic rings. The van der Waals surface area contributed by atoms with Crippen LogP contribution in [0.25, 0.3) is 0 Å². The van der Waals surface area contributed by atoms with Crippen molar-refractivity contribution in [2.24, 2.45) is 0 Å². The average Bonchev–Trinajstić information content (AvgIpc) is 2.47. The number of nitrogens with one attached hydrogen (secondary N) is 1. The first kappa shape index (κ1) is 15.4. The fourth-order valence-electron chi connectivity index (χ4n) is 2.41. The van der Waals surface area contributed by atoms with Crippen molar-refractivity contribution >= 4 is 17.3 Å². The Morgan fingerprint density at radius 3 is 2.48 bits per heavy atom. The van der Waals surface area contributed by atoms with E-state index in [2.05, 4.69) is 11.9 Å². The van der Waals surface area contributed by atoms with Crippen LogP contribution in [0.4, 0.5) is 24.5 Å². The average molecular weight is 298 g/mol. The second-order valence-electron chi connectivity index (χ2n) is 4.97. The number of carbonyl (C=O) groups excluding carboxylic acids is 1. The van der Waals surface area contributed by atoms with Gasteiger partial charge in [0.15, 0.2) is 0 Å². The van der Waals surface area contributed by atoms with Crippen molar-refractivity contribution in [2.45, 2.75) is 25.4 Å². The van der Waals surface area contributed by atoms with E-state index in [-0.39, 0.29) is 5.69 Å². The number of carbonyl (C=O) groups is 1. The highest BCUT2D eigenvalue weighted by atomic mass is 19.4. The van der Waals surface area contributed by atoms with E-state index in [0.717, 1.165) is 50.6 Å². The molecular weight excluding hydrogens is 281 g/mol. The maximum Gasteiger partial charge on any atom is 0.416 e. The monoisotopic (exact) mass is 298 g/mol. The summed E-state index contributed by atoms with van der Waals surface area (Å²) in [5, 5.41) is 2.47. The number of anilines is 2. The van der Waals surface area contributed by atoms with Crippen molar-refractivity contribution in [3.63, 3.8) is 0 Å². The molecule has 0 spiro atoms. The van der Waals surface area contributed by atoms with Gasteiger partial charge in [-0.2, -0.15) is 13.2 Å². The largest absolute Gasteiger partial charge is 0.416 e. The minimum absolute atomic E-state index is 0.177. The molecule has 0 bridgehead atoms. The first-order valence-corrected chi connectivity index (χ1v) is 6.81. The number of nitrogens with zero attached hydrogens (tertiary/aromatic N) is 1. The molecule has 2 rings (SSSR count). The fourth-order valence-corrected chi connectivity index (χ4v) is 2.41. The van der Waals surface area contributed by atoms with E-state index in [9.17, 15) is 18.0 Å². The molecule has 114 valence electrons. The first-order valence-electron chi connectivity index (χ1n) is 6.81. The number of halogens is 3. The zero-order valence-corrected chi connectivity index (χ0v) is 11.5. The lowest BCUT2D eigenvalue weighted by Crippen LogP contribution is -2.30. The minimum atomic E-state index is -4.44. The van der Waals surface area contributed by atoms with Crippen LogP contribution in [0.15, 0.2) is 30.9 Å². The predicted octanol–water partition coefficient (Wildman–Crippen LogP) is 3.82. The molecule has 0 saturated carbocycles. The summed E-state index contributed by atoms with van der Waals surface area (Å²) in [6.45, 7) is 4.88. The Bertz CT molecular complexity index is 534. The van der Waals surface area contributed by atoms with Crippen LogP contribution in [0.5, 0.6) is 0 Å². The van der Waals surface area contributed by atoms with Gasteiger partial charge in [0.25, 0.3) is 0 Å². The van der Waals surface area contributed by atoms with Crippen molar-refractivity contribution in [3.05, 3.63) is 36.4 Å². The molecule has 21 heavy (non-hydrogen) atoms. The summed E-state index contributed by atoms with van der Waals surface area (Å²) in [5.41, 5.74) is 0.0251. The highest BCUT2D eigenvalue weighted by Gasteiger charge is 2.31. The highest BCUT2D eigenvalue weighted by Crippen LogP contribution is 2.36. The maximum absolute atomic E-state index is 12.8. The summed E-state index contributed by atoms with van der Waals surface area (Å²) in [4.78, 5) is 13.5. The molecule has 0 aromatic heterocycles. The molecule has 1 aliphatic heterocycles. The van der Waals surface area contributed by atoms with Gasteiger partial charge in [0.1, 0.15) is 0 Å². The second-order valence-corrected chi connectivity index (χ2v) is 4.97. The van der Waals surface area contributed by atoms with Crippen molar-refractivity contribution in [1.82, 2.24) is 0 Å². The van der Waals surface area contributed by atoms with Gasteiger partial charge in [0, 0.05) is 13.1 Å². The number of hydrogen-bond acceptors (Lipinski definition) is 2. The van der Waals surface area contributed by atoms with E-state index in [1.807, 2.05) is 4.90 Å². The molecule has 1 aliphatic rings. The molecule has 1 fully saturated rings. The van der Waals surface area contributed by atoms with Crippen LogP contribution in [-0.2, 0) is 11.0 Å². The molecule has 0 atom stereocenters. The van der Waals surface area contributed by atoms with Crippen LogP contribution >= 0.6 is 0 Å². The number of hydrogen-bond donors (Lipinski definition) is 1. The van der Waals surface area contributed by atoms with E-state index in [4.69, 9.17) is 0 Å². The Labute approximate surface area is 121 Å². The third kappa shape index (κ3) is 3.77. The number of amides is 1. The highest BCUT2D eigenvalue weighted by molar-refractivity contribution is 6.01. The van der Waals surface area contributed by atoms with Crippen molar-refractivity contribution in [2.75, 3.05) is 23.3 Å². The normalized spacial score (nSPS) is 15.7. The lowest BCUT2D eigenvalue weighted by Gasteiger charge is -2.31. The van der Waals surface area contributed by atoms with Crippen LogP contribution in [-0.4, -0.2) is 19.0 Å². The van der Waals surface area contributed by atoms with Crippen LogP contribution in [0.1, 0.15) is 24.8 Å². The summed E-state index contributed by atoms with van der Waals surface area (Å²) in [7, 11) is 0. The summed E-state index contributed by atoms with van der Waals surface area (Å²) in [6, 6.07) is 3.45. The van der Waals surface area contributed by atoms with Gasteiger partial charge >= 0.3 is 6.18 Å². The number of alkyl halides is 3. The Kier molecular flexibility index (Phi) is 4.55. The summed E-state index contributed by atoms with van der Waals surface area (Å²) in [5.74, 6) is -0.521.